The Morgan fingerprint density at radius 1 is 0.778 bits per heavy atom. The highest BCUT2D eigenvalue weighted by Gasteiger charge is 2.05. The smallest absolute Gasteiger partial charge is 0.0718 e. The van der Waals surface area contributed by atoms with E-state index in [4.69, 9.17) is 9.84 Å². The summed E-state index contributed by atoms with van der Waals surface area (Å²) in [5.74, 6) is 0.639. The Bertz CT molecular complexity index is 426. The molecule has 1 aromatic carbocycles. The molecule has 0 aliphatic carbocycles. The zero-order valence-corrected chi connectivity index (χ0v) is 18.1. The topological polar surface area (TPSA) is 29.5 Å². The minimum atomic E-state index is 0.0914. The summed E-state index contributed by atoms with van der Waals surface area (Å²) < 4.78 is 5.37. The second-order valence-corrected chi connectivity index (χ2v) is 8.10. The fraction of sp³-hybridized carbons (Fsp3) is 0.760. The number of aliphatic hydroxyl groups excluding tert-OH is 1. The first-order valence-electron chi connectivity index (χ1n) is 11.5. The molecule has 0 saturated heterocycles. The van der Waals surface area contributed by atoms with E-state index in [1.54, 1.807) is 0 Å². The van der Waals surface area contributed by atoms with Gasteiger partial charge in [-0.05, 0) is 23.5 Å². The molecule has 0 amide bonds. The maximum absolute atomic E-state index is 8.75. The first-order valence-corrected chi connectivity index (χ1v) is 11.5. The molecule has 1 aromatic rings. The molecular weight excluding hydrogens is 332 g/mol. The van der Waals surface area contributed by atoms with Crippen LogP contribution in [0.25, 0.3) is 0 Å². The third kappa shape index (κ3) is 13.0. The number of hydrogen-bond donors (Lipinski definition) is 1. The lowest BCUT2D eigenvalue weighted by molar-refractivity contribution is 0.0815. The van der Waals surface area contributed by atoms with Crippen molar-refractivity contribution in [2.24, 2.45) is 0 Å². The SMILES string of the molecule is CCCCCCCCCCCCCCC(C)c1ccc(COCCO)cc1. The highest BCUT2D eigenvalue weighted by Crippen LogP contribution is 2.23. The van der Waals surface area contributed by atoms with Gasteiger partial charge >= 0.3 is 0 Å². The van der Waals surface area contributed by atoms with Crippen molar-refractivity contribution >= 4 is 0 Å². The van der Waals surface area contributed by atoms with Crippen LogP contribution in [-0.2, 0) is 11.3 Å². The van der Waals surface area contributed by atoms with E-state index in [1.807, 2.05) is 0 Å². The Morgan fingerprint density at radius 2 is 1.30 bits per heavy atom. The minimum absolute atomic E-state index is 0.0914. The van der Waals surface area contributed by atoms with Gasteiger partial charge in [-0.15, -0.1) is 0 Å². The monoisotopic (exact) mass is 376 g/mol. The van der Waals surface area contributed by atoms with Crippen molar-refractivity contribution in [3.63, 3.8) is 0 Å². The van der Waals surface area contributed by atoms with Crippen molar-refractivity contribution in [1.82, 2.24) is 0 Å². The van der Waals surface area contributed by atoms with Gasteiger partial charge in [0.05, 0.1) is 19.8 Å². The summed E-state index contributed by atoms with van der Waals surface area (Å²) in [4.78, 5) is 0. The Morgan fingerprint density at radius 3 is 1.81 bits per heavy atom. The molecule has 0 spiro atoms. The molecule has 2 nitrogen and oxygen atoms in total. The van der Waals surface area contributed by atoms with Gasteiger partial charge < -0.3 is 9.84 Å². The van der Waals surface area contributed by atoms with Gasteiger partial charge in [-0.2, -0.15) is 0 Å². The van der Waals surface area contributed by atoms with Gasteiger partial charge in [-0.3, -0.25) is 0 Å². The lowest BCUT2D eigenvalue weighted by Gasteiger charge is -2.12. The predicted molar refractivity (Wildman–Crippen MR) is 117 cm³/mol. The molecule has 1 N–H and O–H groups in total. The quantitative estimate of drug-likeness (QED) is 0.271. The summed E-state index contributed by atoms with van der Waals surface area (Å²) in [7, 11) is 0. The Hall–Kier alpha value is -0.860. The molecule has 0 bridgehead atoms. The van der Waals surface area contributed by atoms with Gasteiger partial charge in [0, 0.05) is 0 Å². The van der Waals surface area contributed by atoms with E-state index < -0.39 is 0 Å². The van der Waals surface area contributed by atoms with Crippen molar-refractivity contribution in [1.29, 1.82) is 0 Å². The van der Waals surface area contributed by atoms with Gasteiger partial charge in [0.2, 0.25) is 0 Å². The van der Waals surface area contributed by atoms with Crippen LogP contribution < -0.4 is 0 Å². The van der Waals surface area contributed by atoms with E-state index in [-0.39, 0.29) is 6.61 Å². The first kappa shape index (κ1) is 24.2. The maximum atomic E-state index is 8.75. The molecule has 0 saturated carbocycles. The van der Waals surface area contributed by atoms with E-state index in [0.29, 0.717) is 19.1 Å². The molecule has 2 heteroatoms. The van der Waals surface area contributed by atoms with Crippen LogP contribution in [0.15, 0.2) is 24.3 Å². The molecular formula is C25H44O2. The van der Waals surface area contributed by atoms with Crippen LogP contribution in [0, 0.1) is 0 Å². The summed E-state index contributed by atoms with van der Waals surface area (Å²) in [5, 5.41) is 8.75. The fourth-order valence-electron chi connectivity index (χ4n) is 3.66. The zero-order valence-electron chi connectivity index (χ0n) is 18.1. The van der Waals surface area contributed by atoms with Crippen LogP contribution in [0.3, 0.4) is 0 Å². The normalized spacial score (nSPS) is 12.4. The van der Waals surface area contributed by atoms with E-state index >= 15 is 0 Å². The molecule has 0 radical (unpaired) electrons. The van der Waals surface area contributed by atoms with E-state index in [9.17, 15) is 0 Å². The maximum Gasteiger partial charge on any atom is 0.0718 e. The summed E-state index contributed by atoms with van der Waals surface area (Å²) in [6.45, 7) is 5.73. The lowest BCUT2D eigenvalue weighted by Crippen LogP contribution is -2.00. The number of ether oxygens (including phenoxy) is 1. The number of rotatable bonds is 18. The van der Waals surface area contributed by atoms with Gasteiger partial charge in [0.1, 0.15) is 0 Å². The molecule has 1 rings (SSSR count). The van der Waals surface area contributed by atoms with Crippen molar-refractivity contribution in [3.05, 3.63) is 35.4 Å². The van der Waals surface area contributed by atoms with Crippen LogP contribution >= 0.6 is 0 Å². The molecule has 156 valence electrons. The van der Waals surface area contributed by atoms with Crippen molar-refractivity contribution in [3.8, 4) is 0 Å². The van der Waals surface area contributed by atoms with Crippen molar-refractivity contribution in [2.45, 2.75) is 110 Å². The zero-order chi connectivity index (χ0) is 19.6. The molecule has 0 aliphatic heterocycles. The second kappa shape index (κ2) is 17.3. The molecule has 0 aliphatic rings. The van der Waals surface area contributed by atoms with E-state index in [0.717, 1.165) is 0 Å². The number of hydrogen-bond acceptors (Lipinski definition) is 2. The van der Waals surface area contributed by atoms with Gasteiger partial charge in [-0.1, -0.05) is 115 Å². The average Bonchev–Trinajstić information content (AvgIpc) is 2.69. The van der Waals surface area contributed by atoms with E-state index in [1.165, 1.54) is 94.6 Å². The Kier molecular flexibility index (Phi) is 15.4. The fourth-order valence-corrected chi connectivity index (χ4v) is 3.66. The Labute approximate surface area is 168 Å². The third-order valence-electron chi connectivity index (χ3n) is 5.54. The molecule has 0 heterocycles. The second-order valence-electron chi connectivity index (χ2n) is 8.10. The largest absolute Gasteiger partial charge is 0.394 e. The minimum Gasteiger partial charge on any atom is -0.394 e. The van der Waals surface area contributed by atoms with Crippen LogP contribution in [0.4, 0.5) is 0 Å². The average molecular weight is 377 g/mol. The standard InChI is InChI=1S/C25H44O2/c1-3-4-5-6-7-8-9-10-11-12-13-14-15-23(2)25-18-16-24(17-19-25)22-27-21-20-26/h16-19,23,26H,3-15,20-22H2,1-2H3. The summed E-state index contributed by atoms with van der Waals surface area (Å²) in [6, 6.07) is 8.79. The number of unbranched alkanes of at least 4 members (excludes halogenated alkanes) is 11. The van der Waals surface area contributed by atoms with Crippen LogP contribution in [0.1, 0.15) is 114 Å². The summed E-state index contributed by atoms with van der Waals surface area (Å²) in [6.07, 6.45) is 18.3. The van der Waals surface area contributed by atoms with Gasteiger partial charge in [0.15, 0.2) is 0 Å². The molecule has 1 unspecified atom stereocenters. The molecule has 27 heavy (non-hydrogen) atoms. The molecule has 1 atom stereocenters. The van der Waals surface area contributed by atoms with Crippen LogP contribution in [0.5, 0.6) is 0 Å². The van der Waals surface area contributed by atoms with Crippen molar-refractivity contribution < 1.29 is 9.84 Å². The van der Waals surface area contributed by atoms with Crippen LogP contribution in [-0.4, -0.2) is 18.3 Å². The molecule has 0 aromatic heterocycles. The van der Waals surface area contributed by atoms with Gasteiger partial charge in [-0.25, -0.2) is 0 Å². The lowest BCUT2D eigenvalue weighted by atomic mass is 9.94. The van der Waals surface area contributed by atoms with Gasteiger partial charge in [0.25, 0.3) is 0 Å². The predicted octanol–water partition coefficient (Wildman–Crippen LogP) is 7.39. The highest BCUT2D eigenvalue weighted by atomic mass is 16.5. The van der Waals surface area contributed by atoms with Crippen molar-refractivity contribution in [2.75, 3.05) is 13.2 Å². The summed E-state index contributed by atoms with van der Waals surface area (Å²) in [5.41, 5.74) is 2.62. The highest BCUT2D eigenvalue weighted by molar-refractivity contribution is 5.24. The van der Waals surface area contributed by atoms with E-state index in [2.05, 4.69) is 38.1 Å². The number of benzene rings is 1. The van der Waals surface area contributed by atoms with Crippen LogP contribution in [0.2, 0.25) is 0 Å². The molecule has 0 fully saturated rings. The third-order valence-corrected chi connectivity index (χ3v) is 5.54. The Balaban J connectivity index is 1.98. The number of aliphatic hydroxyl groups is 1. The summed E-state index contributed by atoms with van der Waals surface area (Å²) >= 11 is 0. The first-order chi connectivity index (χ1) is 13.3.